The van der Waals surface area contributed by atoms with Gasteiger partial charge in [0.2, 0.25) is 5.91 Å². The number of benzene rings is 2. The fourth-order valence-electron chi connectivity index (χ4n) is 5.74. The van der Waals surface area contributed by atoms with Gasteiger partial charge < -0.3 is 30.1 Å². The molecule has 1 saturated carbocycles. The second-order valence-electron chi connectivity index (χ2n) is 11.7. The summed E-state index contributed by atoms with van der Waals surface area (Å²) < 4.78 is 11.9. The fourth-order valence-corrected chi connectivity index (χ4v) is 5.74. The lowest BCUT2D eigenvalue weighted by atomic mass is 9.96. The molecule has 1 heterocycles. The zero-order valence-corrected chi connectivity index (χ0v) is 24.9. The van der Waals surface area contributed by atoms with Crippen LogP contribution in [0.3, 0.4) is 0 Å². The number of amides is 3. The van der Waals surface area contributed by atoms with Crippen LogP contribution in [0.25, 0.3) is 0 Å². The number of anilines is 1. The van der Waals surface area contributed by atoms with Crippen LogP contribution in [0.1, 0.15) is 57.1 Å². The first kappa shape index (κ1) is 30.7. The van der Waals surface area contributed by atoms with Gasteiger partial charge in [0.25, 0.3) is 0 Å². The molecule has 4 rings (SSSR count). The van der Waals surface area contributed by atoms with Crippen LogP contribution in [0, 0.1) is 5.92 Å². The van der Waals surface area contributed by atoms with Gasteiger partial charge in [-0.3, -0.25) is 9.69 Å². The van der Waals surface area contributed by atoms with E-state index < -0.39 is 0 Å². The van der Waals surface area contributed by atoms with Crippen LogP contribution < -0.4 is 20.1 Å². The number of methoxy groups -OCH3 is 1. The van der Waals surface area contributed by atoms with Gasteiger partial charge in [-0.15, -0.1) is 0 Å². The monoisotopic (exact) mass is 566 g/mol. The molecular formula is C32H46N4O5. The highest BCUT2D eigenvalue weighted by Crippen LogP contribution is 2.29. The Morgan fingerprint density at radius 1 is 1.17 bits per heavy atom. The minimum Gasteiger partial charge on any atom is -0.497 e. The van der Waals surface area contributed by atoms with Crippen molar-refractivity contribution in [3.63, 3.8) is 0 Å². The fraction of sp³-hybridized carbons (Fsp3) is 0.562. The summed E-state index contributed by atoms with van der Waals surface area (Å²) in [7, 11) is 3.72. The number of aliphatic hydroxyl groups excluding tert-OH is 1. The summed E-state index contributed by atoms with van der Waals surface area (Å²) in [6, 6.07) is 13.2. The van der Waals surface area contributed by atoms with Crippen molar-refractivity contribution >= 4 is 17.6 Å². The third-order valence-electron chi connectivity index (χ3n) is 8.22. The number of aliphatic hydroxyl groups is 1. The molecule has 3 amide bonds. The van der Waals surface area contributed by atoms with E-state index in [1.165, 1.54) is 6.42 Å². The van der Waals surface area contributed by atoms with E-state index >= 15 is 0 Å². The first-order valence-electron chi connectivity index (χ1n) is 14.8. The lowest BCUT2D eigenvalue weighted by Gasteiger charge is -2.34. The third kappa shape index (κ3) is 8.60. The summed E-state index contributed by atoms with van der Waals surface area (Å²) in [5, 5.41) is 15.9. The Morgan fingerprint density at radius 3 is 2.59 bits per heavy atom. The average Bonchev–Trinajstić information content (AvgIpc) is 3.01. The van der Waals surface area contributed by atoms with Crippen molar-refractivity contribution in [3.05, 3.63) is 53.6 Å². The van der Waals surface area contributed by atoms with Gasteiger partial charge in [0.15, 0.2) is 0 Å². The van der Waals surface area contributed by atoms with Crippen molar-refractivity contribution in [3.8, 4) is 11.5 Å². The molecular weight excluding hydrogens is 520 g/mol. The maximum atomic E-state index is 13.5. The van der Waals surface area contributed by atoms with Crippen molar-refractivity contribution < 1.29 is 24.2 Å². The molecule has 0 saturated heterocycles. The highest BCUT2D eigenvalue weighted by Gasteiger charge is 2.31. The van der Waals surface area contributed by atoms with Crippen molar-refractivity contribution in [1.82, 2.24) is 15.1 Å². The number of hydrogen-bond acceptors (Lipinski definition) is 6. The van der Waals surface area contributed by atoms with E-state index in [0.29, 0.717) is 24.5 Å². The summed E-state index contributed by atoms with van der Waals surface area (Å²) >= 11 is 0. The predicted molar refractivity (Wildman–Crippen MR) is 160 cm³/mol. The molecule has 2 aromatic rings. The van der Waals surface area contributed by atoms with Crippen molar-refractivity contribution in [2.45, 2.75) is 77.1 Å². The Kier molecular flexibility index (Phi) is 10.9. The van der Waals surface area contributed by atoms with Gasteiger partial charge in [0.05, 0.1) is 26.2 Å². The van der Waals surface area contributed by atoms with Crippen LogP contribution in [-0.2, 0) is 17.8 Å². The smallest absolute Gasteiger partial charge is 0.319 e. The largest absolute Gasteiger partial charge is 0.497 e. The van der Waals surface area contributed by atoms with Gasteiger partial charge in [-0.25, -0.2) is 4.79 Å². The molecule has 41 heavy (non-hydrogen) atoms. The summed E-state index contributed by atoms with van der Waals surface area (Å²) in [6.45, 7) is 5.70. The molecule has 1 fully saturated rings. The van der Waals surface area contributed by atoms with Gasteiger partial charge in [0.1, 0.15) is 17.6 Å². The number of fused-ring (bicyclic) bond motifs is 1. The molecule has 3 N–H and O–H groups in total. The Bertz CT molecular complexity index is 1150. The van der Waals surface area contributed by atoms with E-state index in [4.69, 9.17) is 9.47 Å². The molecule has 0 aromatic heterocycles. The van der Waals surface area contributed by atoms with E-state index in [-0.39, 0.29) is 49.1 Å². The Morgan fingerprint density at radius 2 is 1.90 bits per heavy atom. The molecule has 224 valence electrons. The van der Waals surface area contributed by atoms with Gasteiger partial charge in [-0.05, 0) is 62.7 Å². The molecule has 0 radical (unpaired) electrons. The van der Waals surface area contributed by atoms with Crippen molar-refractivity contribution in [2.24, 2.45) is 5.92 Å². The standard InChI is InChI=1S/C32H46N4O5/c1-22-18-36(23(2)21-37)31(38)17-25-16-27(34-32(39)33-26-8-6-5-7-9-26)12-15-29(25)41-30(22)20-35(3)19-24-10-13-28(40-4)14-11-24/h10-16,22-23,26,30,37H,5-9,17-21H2,1-4H3,(H2,33,34,39)/t22-,23-,30+/m1/s1. The van der Waals surface area contributed by atoms with Gasteiger partial charge in [-0.1, -0.05) is 38.3 Å². The van der Waals surface area contributed by atoms with Crippen LogP contribution >= 0.6 is 0 Å². The van der Waals surface area contributed by atoms with Crippen LogP contribution in [0.5, 0.6) is 11.5 Å². The van der Waals surface area contributed by atoms with Crippen LogP contribution in [0.4, 0.5) is 10.5 Å². The van der Waals surface area contributed by atoms with Gasteiger partial charge in [-0.2, -0.15) is 0 Å². The predicted octanol–water partition coefficient (Wildman–Crippen LogP) is 4.43. The molecule has 0 bridgehead atoms. The summed E-state index contributed by atoms with van der Waals surface area (Å²) in [4.78, 5) is 30.2. The molecule has 2 aromatic carbocycles. The van der Waals surface area contributed by atoms with Crippen LogP contribution in [0.2, 0.25) is 0 Å². The number of urea groups is 1. The summed E-state index contributed by atoms with van der Waals surface area (Å²) in [5.41, 5.74) is 2.51. The first-order chi connectivity index (χ1) is 19.7. The normalized spacial score (nSPS) is 20.7. The average molecular weight is 567 g/mol. The van der Waals surface area contributed by atoms with E-state index in [1.807, 2.05) is 37.3 Å². The Balaban J connectivity index is 1.52. The van der Waals surface area contributed by atoms with E-state index in [9.17, 15) is 14.7 Å². The topological polar surface area (TPSA) is 103 Å². The maximum absolute atomic E-state index is 13.5. The molecule has 0 spiro atoms. The second-order valence-corrected chi connectivity index (χ2v) is 11.7. The number of nitrogens with zero attached hydrogens (tertiary/aromatic N) is 2. The number of rotatable bonds is 9. The number of carbonyl (C=O) groups is 2. The van der Waals surface area contributed by atoms with E-state index in [1.54, 1.807) is 12.0 Å². The number of nitrogens with one attached hydrogen (secondary N) is 2. The molecule has 1 aliphatic heterocycles. The third-order valence-corrected chi connectivity index (χ3v) is 8.22. The minimum atomic E-state index is -0.313. The zero-order chi connectivity index (χ0) is 29.4. The number of likely N-dealkylation sites (N-methyl/N-ethyl adjacent to an activating group) is 1. The second kappa shape index (κ2) is 14.5. The minimum absolute atomic E-state index is 0.0105. The lowest BCUT2D eigenvalue weighted by molar-refractivity contribution is -0.134. The number of carbonyl (C=O) groups excluding carboxylic acids is 2. The molecule has 1 aliphatic carbocycles. The Hall–Kier alpha value is -3.30. The SMILES string of the molecule is COc1ccc(CN(C)C[C@@H]2Oc3ccc(NC(=O)NC4CCCCC4)cc3CC(=O)N([C@H](C)CO)C[C@H]2C)cc1. The van der Waals surface area contributed by atoms with E-state index in [0.717, 1.165) is 49.1 Å². The zero-order valence-electron chi connectivity index (χ0n) is 24.9. The molecule has 0 unspecified atom stereocenters. The highest BCUT2D eigenvalue weighted by molar-refractivity contribution is 5.90. The number of hydrogen-bond donors (Lipinski definition) is 3. The quantitative estimate of drug-likeness (QED) is 0.415. The first-order valence-corrected chi connectivity index (χ1v) is 14.8. The molecule has 2 aliphatic rings. The van der Waals surface area contributed by atoms with Gasteiger partial charge in [0, 0.05) is 42.8 Å². The Labute approximate surface area is 244 Å². The molecule has 3 atom stereocenters. The highest BCUT2D eigenvalue weighted by atomic mass is 16.5. The van der Waals surface area contributed by atoms with Gasteiger partial charge >= 0.3 is 6.03 Å². The summed E-state index contributed by atoms with van der Waals surface area (Å²) in [5.74, 6) is 1.41. The van der Waals surface area contributed by atoms with E-state index in [2.05, 4.69) is 41.6 Å². The van der Waals surface area contributed by atoms with Crippen molar-refractivity contribution in [1.29, 1.82) is 0 Å². The number of ether oxygens (including phenoxy) is 2. The maximum Gasteiger partial charge on any atom is 0.319 e. The molecule has 9 nitrogen and oxygen atoms in total. The lowest BCUT2D eigenvalue weighted by Crippen LogP contribution is -2.47. The summed E-state index contributed by atoms with van der Waals surface area (Å²) in [6.07, 6.45) is 5.44. The van der Waals surface area contributed by atoms with Crippen LogP contribution in [-0.4, -0.2) is 78.9 Å². The molecule has 9 heteroatoms. The van der Waals surface area contributed by atoms with Crippen LogP contribution in [0.15, 0.2) is 42.5 Å². The van der Waals surface area contributed by atoms with Crippen molar-refractivity contribution in [2.75, 3.05) is 39.2 Å².